The normalized spacial score (nSPS) is 30.1. The standard InChI is InChI=1S/C36H43NO4/c1-24(38)41-29-14-15-30-26(22-29)18-19-35(2)32-16-17-33(39)36(32,3)23-31(34(30)35)25-10-12-28(13-11-25)40-21-20-37(4)27-8-6-5-7-9-27/h5-15,22,31-34,39H,16-21,23H2,1-4H3/t31-,32?,33+,34?,35+,36+/m1/s1. The van der Waals surface area contributed by atoms with E-state index in [0.717, 1.165) is 44.4 Å². The molecule has 0 aliphatic heterocycles. The van der Waals surface area contributed by atoms with Crippen molar-refractivity contribution in [3.05, 3.63) is 89.5 Å². The van der Waals surface area contributed by atoms with Gasteiger partial charge in [0.1, 0.15) is 18.1 Å². The molecule has 0 amide bonds. The molecule has 0 saturated heterocycles. The predicted molar refractivity (Wildman–Crippen MR) is 163 cm³/mol. The first-order chi connectivity index (χ1) is 19.7. The number of anilines is 1. The van der Waals surface area contributed by atoms with E-state index in [-0.39, 0.29) is 28.8 Å². The summed E-state index contributed by atoms with van der Waals surface area (Å²) in [5.74, 6) is 2.34. The number of esters is 1. The first-order valence-corrected chi connectivity index (χ1v) is 15.2. The van der Waals surface area contributed by atoms with Crippen LogP contribution in [-0.2, 0) is 11.2 Å². The second kappa shape index (κ2) is 10.8. The van der Waals surface area contributed by atoms with Gasteiger partial charge in [0.2, 0.25) is 0 Å². The first-order valence-electron chi connectivity index (χ1n) is 15.2. The van der Waals surface area contributed by atoms with Crippen LogP contribution < -0.4 is 14.4 Å². The Labute approximate surface area is 244 Å². The van der Waals surface area contributed by atoms with Crippen molar-refractivity contribution < 1.29 is 19.4 Å². The van der Waals surface area contributed by atoms with Crippen LogP contribution >= 0.6 is 0 Å². The molecule has 0 spiro atoms. The van der Waals surface area contributed by atoms with Crippen LogP contribution in [0.1, 0.15) is 75.0 Å². The van der Waals surface area contributed by atoms with Gasteiger partial charge in [-0.05, 0) is 114 Å². The van der Waals surface area contributed by atoms with Crippen molar-refractivity contribution in [3.63, 3.8) is 0 Å². The molecule has 2 unspecified atom stereocenters. The van der Waals surface area contributed by atoms with Gasteiger partial charge in [0.15, 0.2) is 0 Å². The third kappa shape index (κ3) is 5.03. The molecule has 0 heterocycles. The minimum Gasteiger partial charge on any atom is -0.492 e. The molecule has 41 heavy (non-hydrogen) atoms. The fourth-order valence-electron chi connectivity index (χ4n) is 8.72. The van der Waals surface area contributed by atoms with E-state index < -0.39 is 0 Å². The summed E-state index contributed by atoms with van der Waals surface area (Å²) in [5, 5.41) is 11.3. The van der Waals surface area contributed by atoms with Crippen LogP contribution in [0.15, 0.2) is 72.8 Å². The number of aliphatic hydroxyl groups is 1. The minimum absolute atomic E-state index is 0.0856. The number of carbonyl (C=O) groups is 1. The number of aliphatic hydroxyl groups excluding tert-OH is 1. The van der Waals surface area contributed by atoms with Gasteiger partial charge in [-0.3, -0.25) is 4.79 Å². The quantitative estimate of drug-likeness (QED) is 0.249. The van der Waals surface area contributed by atoms with Gasteiger partial charge in [0, 0.05) is 19.7 Å². The number of para-hydroxylation sites is 1. The maximum absolute atomic E-state index is 11.6. The average Bonchev–Trinajstić information content (AvgIpc) is 3.27. The molecule has 0 radical (unpaired) electrons. The lowest BCUT2D eigenvalue weighted by atomic mass is 9.44. The number of ether oxygens (including phenoxy) is 2. The van der Waals surface area contributed by atoms with Gasteiger partial charge in [-0.2, -0.15) is 0 Å². The molecule has 1 N–H and O–H groups in total. The summed E-state index contributed by atoms with van der Waals surface area (Å²) in [5.41, 5.74) is 5.16. The van der Waals surface area contributed by atoms with E-state index in [1.807, 2.05) is 12.1 Å². The lowest BCUT2D eigenvalue weighted by Gasteiger charge is -2.60. The van der Waals surface area contributed by atoms with E-state index in [2.05, 4.69) is 86.5 Å². The number of carbonyl (C=O) groups excluding carboxylic acids is 1. The number of hydrogen-bond donors (Lipinski definition) is 1. The van der Waals surface area contributed by atoms with Crippen LogP contribution in [-0.4, -0.2) is 37.4 Å². The number of rotatable bonds is 7. The van der Waals surface area contributed by atoms with E-state index >= 15 is 0 Å². The fraction of sp³-hybridized carbons (Fsp3) is 0.472. The molecular weight excluding hydrogens is 510 g/mol. The first kappa shape index (κ1) is 27.8. The monoisotopic (exact) mass is 553 g/mol. The molecule has 0 aromatic heterocycles. The van der Waals surface area contributed by atoms with Gasteiger partial charge in [0.05, 0.1) is 12.6 Å². The molecule has 3 aliphatic rings. The summed E-state index contributed by atoms with van der Waals surface area (Å²) >= 11 is 0. The van der Waals surface area contributed by atoms with E-state index in [0.29, 0.717) is 24.2 Å². The van der Waals surface area contributed by atoms with Crippen molar-refractivity contribution in [2.24, 2.45) is 16.7 Å². The van der Waals surface area contributed by atoms with Crippen LogP contribution in [0.4, 0.5) is 5.69 Å². The summed E-state index contributed by atoms with van der Waals surface area (Å²) < 4.78 is 11.6. The zero-order valence-electron chi connectivity index (χ0n) is 24.8. The Kier molecular flexibility index (Phi) is 7.35. The van der Waals surface area contributed by atoms with Gasteiger partial charge in [-0.15, -0.1) is 0 Å². The Balaban J connectivity index is 1.27. The number of hydrogen-bond acceptors (Lipinski definition) is 5. The zero-order valence-corrected chi connectivity index (χ0v) is 24.8. The molecule has 2 saturated carbocycles. The highest BCUT2D eigenvalue weighted by Gasteiger charge is 2.62. The maximum Gasteiger partial charge on any atom is 0.308 e. The van der Waals surface area contributed by atoms with Crippen molar-refractivity contribution in [2.45, 2.75) is 70.8 Å². The van der Waals surface area contributed by atoms with Gasteiger partial charge in [-0.25, -0.2) is 0 Å². The molecule has 0 bridgehead atoms. The van der Waals surface area contributed by atoms with Crippen molar-refractivity contribution in [1.82, 2.24) is 0 Å². The maximum atomic E-state index is 11.6. The van der Waals surface area contributed by atoms with Crippen molar-refractivity contribution in [3.8, 4) is 11.5 Å². The third-order valence-electron chi connectivity index (χ3n) is 10.7. The number of nitrogens with zero attached hydrogens (tertiary/aromatic N) is 1. The molecule has 2 fully saturated rings. The van der Waals surface area contributed by atoms with Gasteiger partial charge in [-0.1, -0.05) is 50.2 Å². The van der Waals surface area contributed by atoms with Gasteiger partial charge in [0.25, 0.3) is 0 Å². The van der Waals surface area contributed by atoms with E-state index in [1.54, 1.807) is 0 Å². The molecule has 3 aromatic carbocycles. The molecule has 6 rings (SSSR count). The Bertz CT molecular complexity index is 1390. The summed E-state index contributed by atoms with van der Waals surface area (Å²) in [6.45, 7) is 7.69. The summed E-state index contributed by atoms with van der Waals surface area (Å²) in [6, 6.07) is 25.3. The minimum atomic E-state index is -0.286. The Morgan fingerprint density at radius 2 is 1.71 bits per heavy atom. The third-order valence-corrected chi connectivity index (χ3v) is 10.7. The highest BCUT2D eigenvalue weighted by molar-refractivity contribution is 5.69. The van der Waals surface area contributed by atoms with Crippen LogP contribution in [0, 0.1) is 16.7 Å². The topological polar surface area (TPSA) is 59.0 Å². The van der Waals surface area contributed by atoms with Crippen molar-refractivity contribution in [1.29, 1.82) is 0 Å². The lowest BCUT2D eigenvalue weighted by molar-refractivity contribution is -0.131. The number of likely N-dealkylation sites (N-methyl/N-ethyl adjacent to an activating group) is 1. The molecule has 5 heteroatoms. The number of fused-ring (bicyclic) bond motifs is 5. The smallest absolute Gasteiger partial charge is 0.308 e. The molecule has 216 valence electrons. The molecule has 3 aliphatic carbocycles. The highest BCUT2D eigenvalue weighted by atomic mass is 16.5. The summed E-state index contributed by atoms with van der Waals surface area (Å²) in [7, 11) is 2.09. The zero-order chi connectivity index (χ0) is 28.8. The van der Waals surface area contributed by atoms with Gasteiger partial charge >= 0.3 is 5.97 Å². The molecule has 5 nitrogen and oxygen atoms in total. The number of benzene rings is 3. The summed E-state index contributed by atoms with van der Waals surface area (Å²) in [6.07, 6.45) is 4.72. The second-order valence-electron chi connectivity index (χ2n) is 13.1. The highest BCUT2D eigenvalue weighted by Crippen LogP contribution is 2.70. The van der Waals surface area contributed by atoms with E-state index in [4.69, 9.17) is 9.47 Å². The van der Waals surface area contributed by atoms with Gasteiger partial charge < -0.3 is 19.5 Å². The van der Waals surface area contributed by atoms with Crippen LogP contribution in [0.25, 0.3) is 0 Å². The van der Waals surface area contributed by atoms with E-state index in [1.165, 1.54) is 29.3 Å². The Morgan fingerprint density at radius 3 is 2.44 bits per heavy atom. The Hall–Kier alpha value is -3.31. The number of aryl methyl sites for hydroxylation is 1. The second-order valence-corrected chi connectivity index (χ2v) is 13.1. The lowest BCUT2D eigenvalue weighted by Crippen LogP contribution is -2.52. The molecule has 6 atom stereocenters. The Morgan fingerprint density at radius 1 is 0.976 bits per heavy atom. The SMILES string of the molecule is CC(=O)Oc1ccc2c(c1)CC[C@]1(C)C2[C@@H](c2ccc(OCCN(C)c3ccccc3)cc2)C[C@@]2(C)C1CC[C@@H]2O. The molecular formula is C36H43NO4. The molecule has 3 aromatic rings. The van der Waals surface area contributed by atoms with Crippen LogP contribution in [0.2, 0.25) is 0 Å². The van der Waals surface area contributed by atoms with Crippen LogP contribution in [0.3, 0.4) is 0 Å². The fourth-order valence-corrected chi connectivity index (χ4v) is 8.72. The predicted octanol–water partition coefficient (Wildman–Crippen LogP) is 7.13. The van der Waals surface area contributed by atoms with E-state index in [9.17, 15) is 9.90 Å². The van der Waals surface area contributed by atoms with Crippen molar-refractivity contribution >= 4 is 11.7 Å². The van der Waals surface area contributed by atoms with Crippen LogP contribution in [0.5, 0.6) is 11.5 Å². The van der Waals surface area contributed by atoms with Crippen molar-refractivity contribution in [2.75, 3.05) is 25.1 Å². The average molecular weight is 554 g/mol. The summed E-state index contributed by atoms with van der Waals surface area (Å²) in [4.78, 5) is 13.8. The largest absolute Gasteiger partial charge is 0.492 e.